The molecule has 1 aromatic carbocycles. The van der Waals surface area contributed by atoms with Gasteiger partial charge in [0.05, 0.1) is 12.4 Å². The molecule has 0 amide bonds. The van der Waals surface area contributed by atoms with Gasteiger partial charge in [0.2, 0.25) is 0 Å². The van der Waals surface area contributed by atoms with Gasteiger partial charge < -0.3 is 10.8 Å². The van der Waals surface area contributed by atoms with Crippen molar-refractivity contribution in [2.75, 3.05) is 5.73 Å². The molecule has 0 bridgehead atoms. The molecule has 0 atom stereocenters. The van der Waals surface area contributed by atoms with Gasteiger partial charge in [0, 0.05) is 22.4 Å². The summed E-state index contributed by atoms with van der Waals surface area (Å²) in [6.07, 6.45) is 3.86. The second kappa shape index (κ2) is 4.14. The monoisotopic (exact) mass is 216 g/mol. The minimum absolute atomic E-state index is 0.221. The average molecular weight is 216 g/mol. The summed E-state index contributed by atoms with van der Waals surface area (Å²) in [4.78, 5) is 0. The van der Waals surface area contributed by atoms with Crippen LogP contribution in [0.15, 0.2) is 24.5 Å². The number of phenolic OH excluding ortho intramolecular Hbond substituents is 1. The molecule has 82 valence electrons. The van der Waals surface area contributed by atoms with Crippen LogP contribution in [0.4, 0.5) is 5.69 Å². The van der Waals surface area contributed by atoms with Gasteiger partial charge in [-0.3, -0.25) is 0 Å². The van der Waals surface area contributed by atoms with Gasteiger partial charge in [0.1, 0.15) is 5.75 Å². The van der Waals surface area contributed by atoms with Gasteiger partial charge in [-0.1, -0.05) is 6.92 Å². The van der Waals surface area contributed by atoms with Gasteiger partial charge in [0.25, 0.3) is 0 Å². The van der Waals surface area contributed by atoms with E-state index in [0.29, 0.717) is 12.1 Å². The zero-order valence-electron chi connectivity index (χ0n) is 8.88. The second-order valence-corrected chi connectivity index (χ2v) is 3.41. The third-order valence-corrected chi connectivity index (χ3v) is 2.49. The van der Waals surface area contributed by atoms with Crippen molar-refractivity contribution in [3.8, 4) is 16.9 Å². The third-order valence-electron chi connectivity index (χ3n) is 2.49. The van der Waals surface area contributed by atoms with Crippen LogP contribution in [-0.4, -0.2) is 20.5 Å². The van der Waals surface area contributed by atoms with E-state index in [0.717, 1.165) is 16.7 Å². The number of benzene rings is 1. The van der Waals surface area contributed by atoms with Crippen molar-refractivity contribution in [2.45, 2.75) is 13.3 Å². The Kier molecular flexibility index (Phi) is 2.68. The zero-order valence-corrected chi connectivity index (χ0v) is 8.88. The van der Waals surface area contributed by atoms with Crippen molar-refractivity contribution in [3.05, 3.63) is 30.1 Å². The molecular weight excluding hydrogens is 204 g/mol. The Balaban J connectivity index is 2.59. The third kappa shape index (κ3) is 1.67. The first-order valence-corrected chi connectivity index (χ1v) is 4.98. The quantitative estimate of drug-likeness (QED) is 0.741. The van der Waals surface area contributed by atoms with Crippen molar-refractivity contribution in [2.24, 2.45) is 0 Å². The normalized spacial score (nSPS) is 10.3. The Morgan fingerprint density at radius 2 is 1.94 bits per heavy atom. The molecule has 5 heteroatoms. The molecule has 0 aliphatic rings. The molecule has 0 unspecified atom stereocenters. The molecular formula is C11H12N4O. The lowest BCUT2D eigenvalue weighted by molar-refractivity contribution is 0.469. The number of nitrogen functional groups attached to an aromatic ring is 1. The van der Waals surface area contributed by atoms with E-state index in [4.69, 9.17) is 5.73 Å². The van der Waals surface area contributed by atoms with Crippen LogP contribution in [0.1, 0.15) is 12.5 Å². The van der Waals surface area contributed by atoms with Crippen molar-refractivity contribution >= 4 is 5.69 Å². The number of nitrogens with zero attached hydrogens (tertiary/aromatic N) is 3. The summed E-state index contributed by atoms with van der Waals surface area (Å²) in [5.74, 6) is 0.221. The number of aromatic nitrogens is 3. The summed E-state index contributed by atoms with van der Waals surface area (Å²) in [6.45, 7) is 1.94. The molecule has 0 spiro atoms. The Morgan fingerprint density at radius 1 is 1.25 bits per heavy atom. The lowest BCUT2D eigenvalue weighted by atomic mass is 10.0. The number of aromatic hydroxyl groups is 1. The summed E-state index contributed by atoms with van der Waals surface area (Å²) < 4.78 is 0. The SMILES string of the molecule is CCc1c(O)ccc(-c2cnnnc2)c1N. The van der Waals surface area contributed by atoms with Gasteiger partial charge in [-0.25, -0.2) is 0 Å². The highest BCUT2D eigenvalue weighted by atomic mass is 16.3. The van der Waals surface area contributed by atoms with Gasteiger partial charge in [-0.15, -0.1) is 10.2 Å². The maximum atomic E-state index is 9.64. The summed E-state index contributed by atoms with van der Waals surface area (Å²) in [5.41, 5.74) is 8.91. The fourth-order valence-electron chi connectivity index (χ4n) is 1.65. The second-order valence-electron chi connectivity index (χ2n) is 3.41. The van der Waals surface area contributed by atoms with E-state index in [1.165, 1.54) is 0 Å². The fourth-order valence-corrected chi connectivity index (χ4v) is 1.65. The Labute approximate surface area is 92.9 Å². The highest BCUT2D eigenvalue weighted by Gasteiger charge is 2.10. The summed E-state index contributed by atoms with van der Waals surface area (Å²) in [6, 6.07) is 3.38. The molecule has 2 aromatic rings. The molecule has 3 N–H and O–H groups in total. The predicted molar refractivity (Wildman–Crippen MR) is 60.7 cm³/mol. The van der Waals surface area contributed by atoms with Crippen LogP contribution >= 0.6 is 0 Å². The van der Waals surface area contributed by atoms with Crippen molar-refractivity contribution < 1.29 is 5.11 Å². The molecule has 0 radical (unpaired) electrons. The van der Waals surface area contributed by atoms with Crippen LogP contribution in [0.2, 0.25) is 0 Å². The lowest BCUT2D eigenvalue weighted by Gasteiger charge is -2.10. The molecule has 5 nitrogen and oxygen atoms in total. The van der Waals surface area contributed by atoms with Gasteiger partial charge >= 0.3 is 0 Å². The number of hydrogen-bond donors (Lipinski definition) is 2. The van der Waals surface area contributed by atoms with Crippen LogP contribution in [0.3, 0.4) is 0 Å². The van der Waals surface area contributed by atoms with Gasteiger partial charge in [-0.05, 0) is 23.8 Å². The first kappa shape index (κ1) is 10.4. The van der Waals surface area contributed by atoms with Crippen molar-refractivity contribution in [3.63, 3.8) is 0 Å². The van der Waals surface area contributed by atoms with Crippen LogP contribution in [-0.2, 0) is 6.42 Å². The Morgan fingerprint density at radius 3 is 2.56 bits per heavy atom. The number of hydrogen-bond acceptors (Lipinski definition) is 5. The van der Waals surface area contributed by atoms with Crippen molar-refractivity contribution in [1.29, 1.82) is 0 Å². The number of rotatable bonds is 2. The summed E-state index contributed by atoms with van der Waals surface area (Å²) in [5, 5.41) is 20.5. The molecule has 2 rings (SSSR count). The van der Waals surface area contributed by atoms with E-state index in [2.05, 4.69) is 15.4 Å². The highest BCUT2D eigenvalue weighted by Crippen LogP contribution is 2.33. The van der Waals surface area contributed by atoms with Crippen LogP contribution in [0, 0.1) is 0 Å². The van der Waals surface area contributed by atoms with Crippen molar-refractivity contribution in [1.82, 2.24) is 15.4 Å². The molecule has 1 heterocycles. The first-order chi connectivity index (χ1) is 7.74. The lowest BCUT2D eigenvalue weighted by Crippen LogP contribution is -1.98. The largest absolute Gasteiger partial charge is 0.508 e. The molecule has 16 heavy (non-hydrogen) atoms. The van der Waals surface area contributed by atoms with E-state index < -0.39 is 0 Å². The fraction of sp³-hybridized carbons (Fsp3) is 0.182. The first-order valence-electron chi connectivity index (χ1n) is 4.98. The summed E-state index contributed by atoms with van der Waals surface area (Å²) >= 11 is 0. The van der Waals surface area contributed by atoms with E-state index in [9.17, 15) is 5.11 Å². The van der Waals surface area contributed by atoms with E-state index in [1.807, 2.05) is 6.92 Å². The zero-order chi connectivity index (χ0) is 11.5. The molecule has 0 aliphatic heterocycles. The van der Waals surface area contributed by atoms with E-state index in [-0.39, 0.29) is 5.75 Å². The van der Waals surface area contributed by atoms with E-state index in [1.54, 1.807) is 24.5 Å². The average Bonchev–Trinajstić information content (AvgIpc) is 2.31. The predicted octanol–water partition coefficient (Wildman–Crippen LogP) is 1.39. The standard InChI is InChI=1S/C11H12N4O/c1-2-8-10(16)4-3-9(11(8)12)7-5-13-15-14-6-7/h3-6,16H,2,12H2,1H3. The number of nitrogens with two attached hydrogens (primary N) is 1. The molecule has 0 saturated carbocycles. The van der Waals surface area contributed by atoms with Crippen LogP contribution < -0.4 is 5.73 Å². The smallest absolute Gasteiger partial charge is 0.120 e. The Bertz CT molecular complexity index is 499. The Hall–Kier alpha value is -2.17. The minimum atomic E-state index is 0.221. The maximum Gasteiger partial charge on any atom is 0.120 e. The molecule has 1 aromatic heterocycles. The topological polar surface area (TPSA) is 84.9 Å². The highest BCUT2D eigenvalue weighted by molar-refractivity contribution is 5.79. The van der Waals surface area contributed by atoms with E-state index >= 15 is 0 Å². The van der Waals surface area contributed by atoms with Gasteiger partial charge in [-0.2, -0.15) is 0 Å². The van der Waals surface area contributed by atoms with Gasteiger partial charge in [0.15, 0.2) is 0 Å². The molecule has 0 aliphatic carbocycles. The maximum absolute atomic E-state index is 9.64. The number of phenols is 1. The summed E-state index contributed by atoms with van der Waals surface area (Å²) in [7, 11) is 0. The van der Waals surface area contributed by atoms with Crippen LogP contribution in [0.5, 0.6) is 5.75 Å². The molecule has 0 fully saturated rings. The number of anilines is 1. The minimum Gasteiger partial charge on any atom is -0.508 e. The molecule has 0 saturated heterocycles. The van der Waals surface area contributed by atoms with Crippen LogP contribution in [0.25, 0.3) is 11.1 Å².